The molecule has 0 unspecified atom stereocenters. The van der Waals surface area contributed by atoms with Crippen LogP contribution in [-0.2, 0) is 9.53 Å². The van der Waals surface area contributed by atoms with Gasteiger partial charge in [0.2, 0.25) is 0 Å². The van der Waals surface area contributed by atoms with Crippen molar-refractivity contribution in [1.29, 1.82) is 0 Å². The lowest BCUT2D eigenvalue weighted by Crippen LogP contribution is -2.29. The standard InChI is InChI=1S/C23H28FN7O4.C2HF3O2/c1-2-25-22(32)17-6-7-19(20(15-17)35-14-13-34-12-8-24)31-16-18(29-30-31)23(33)28-11-10-27-21-5-3-4-9-26-21;3-2(4,5)1(6)7/h3-7,9,15-16H,2,8,10-14H2,1H3,(H,25,32)(H,26,27)(H,28,33);(H,6,7). The first-order chi connectivity index (χ1) is 20.1. The molecule has 0 aliphatic carbocycles. The molecule has 4 N–H and O–H groups in total. The third-order valence-electron chi connectivity index (χ3n) is 4.86. The number of carboxylic acid groups (broad SMARTS) is 1. The summed E-state index contributed by atoms with van der Waals surface area (Å²) in [6.07, 6.45) is -1.94. The minimum Gasteiger partial charge on any atom is -0.489 e. The van der Waals surface area contributed by atoms with Crippen LogP contribution < -0.4 is 20.7 Å². The van der Waals surface area contributed by atoms with E-state index < -0.39 is 18.8 Å². The number of alkyl halides is 4. The monoisotopic (exact) mass is 599 g/mol. The van der Waals surface area contributed by atoms with E-state index in [0.717, 1.165) is 0 Å². The Hall–Kier alpha value is -4.80. The van der Waals surface area contributed by atoms with Gasteiger partial charge in [0.15, 0.2) is 5.69 Å². The van der Waals surface area contributed by atoms with E-state index in [2.05, 4.69) is 31.2 Å². The summed E-state index contributed by atoms with van der Waals surface area (Å²) in [6, 6.07) is 10.4. The predicted octanol–water partition coefficient (Wildman–Crippen LogP) is 2.25. The van der Waals surface area contributed by atoms with Crippen LogP contribution in [0.3, 0.4) is 0 Å². The number of carboxylic acids is 1. The molecule has 0 fully saturated rings. The van der Waals surface area contributed by atoms with Crippen LogP contribution in [0.5, 0.6) is 5.75 Å². The van der Waals surface area contributed by atoms with Crippen LogP contribution in [0.2, 0.25) is 0 Å². The molecule has 3 rings (SSSR count). The minimum absolute atomic E-state index is 0.0198. The molecule has 228 valence electrons. The van der Waals surface area contributed by atoms with Crippen LogP contribution in [0, 0.1) is 0 Å². The molecule has 3 aromatic rings. The maximum Gasteiger partial charge on any atom is 0.490 e. The second kappa shape index (κ2) is 17.1. The van der Waals surface area contributed by atoms with Gasteiger partial charge in [0.1, 0.15) is 30.5 Å². The van der Waals surface area contributed by atoms with Crippen molar-refractivity contribution < 1.29 is 46.5 Å². The van der Waals surface area contributed by atoms with E-state index in [1.54, 1.807) is 24.4 Å². The molecule has 13 nitrogen and oxygen atoms in total. The number of ether oxygens (including phenoxy) is 2. The number of carbonyl (C=O) groups excluding carboxylic acids is 2. The summed E-state index contributed by atoms with van der Waals surface area (Å²) >= 11 is 0. The number of hydrogen-bond donors (Lipinski definition) is 4. The third-order valence-corrected chi connectivity index (χ3v) is 4.86. The van der Waals surface area contributed by atoms with E-state index in [4.69, 9.17) is 19.4 Å². The number of benzene rings is 1. The van der Waals surface area contributed by atoms with Crippen LogP contribution in [0.4, 0.5) is 23.4 Å². The number of pyridine rings is 1. The molecule has 2 aromatic heterocycles. The van der Waals surface area contributed by atoms with Crippen molar-refractivity contribution in [3.8, 4) is 11.4 Å². The molecule has 0 aliphatic heterocycles. The van der Waals surface area contributed by atoms with Gasteiger partial charge in [-0.3, -0.25) is 9.59 Å². The highest BCUT2D eigenvalue weighted by atomic mass is 19.4. The topological polar surface area (TPSA) is 170 Å². The zero-order valence-corrected chi connectivity index (χ0v) is 22.4. The van der Waals surface area contributed by atoms with E-state index in [-0.39, 0.29) is 37.3 Å². The van der Waals surface area contributed by atoms with Gasteiger partial charge in [-0.1, -0.05) is 11.3 Å². The van der Waals surface area contributed by atoms with Gasteiger partial charge in [-0.05, 0) is 37.3 Å². The Kier molecular flexibility index (Phi) is 13.6. The number of aliphatic carboxylic acids is 1. The molecule has 0 aliphatic rings. The number of aromatic nitrogens is 4. The van der Waals surface area contributed by atoms with E-state index in [1.807, 2.05) is 25.1 Å². The molecule has 17 heteroatoms. The summed E-state index contributed by atoms with van der Waals surface area (Å²) < 4.78 is 56.2. The van der Waals surface area contributed by atoms with Crippen molar-refractivity contribution >= 4 is 23.6 Å². The van der Waals surface area contributed by atoms with Gasteiger partial charge in [0.25, 0.3) is 11.8 Å². The number of hydrogen-bond acceptors (Lipinski definition) is 9. The van der Waals surface area contributed by atoms with Gasteiger partial charge >= 0.3 is 12.1 Å². The average Bonchev–Trinajstić information content (AvgIpc) is 3.46. The predicted molar refractivity (Wildman–Crippen MR) is 140 cm³/mol. The normalized spacial score (nSPS) is 10.7. The number of nitrogens with zero attached hydrogens (tertiary/aromatic N) is 4. The Bertz CT molecular complexity index is 1290. The number of nitrogens with one attached hydrogen (secondary N) is 3. The second-order valence-corrected chi connectivity index (χ2v) is 7.94. The van der Waals surface area contributed by atoms with E-state index >= 15 is 0 Å². The molecular weight excluding hydrogens is 570 g/mol. The summed E-state index contributed by atoms with van der Waals surface area (Å²) in [5.41, 5.74) is 0.994. The molecule has 0 spiro atoms. The van der Waals surface area contributed by atoms with Crippen molar-refractivity contribution in [2.75, 3.05) is 51.4 Å². The lowest BCUT2D eigenvalue weighted by atomic mass is 10.1. The van der Waals surface area contributed by atoms with Crippen LogP contribution >= 0.6 is 0 Å². The fraction of sp³-hybridized carbons (Fsp3) is 0.360. The molecule has 2 heterocycles. The van der Waals surface area contributed by atoms with Crippen molar-refractivity contribution in [2.45, 2.75) is 13.1 Å². The van der Waals surface area contributed by atoms with Crippen LogP contribution in [0.1, 0.15) is 27.8 Å². The first kappa shape index (κ1) is 33.4. The fourth-order valence-electron chi connectivity index (χ4n) is 3.00. The SMILES string of the molecule is CCNC(=O)c1ccc(-n2cc(C(=O)NCCNc3ccccn3)nn2)c(OCCOCCF)c1.O=C(O)C(F)(F)F. The third kappa shape index (κ3) is 11.4. The van der Waals surface area contributed by atoms with E-state index in [1.165, 1.54) is 10.9 Å². The van der Waals surface area contributed by atoms with Gasteiger partial charge in [0.05, 0.1) is 19.4 Å². The number of carbonyl (C=O) groups is 3. The first-order valence-electron chi connectivity index (χ1n) is 12.4. The highest BCUT2D eigenvalue weighted by Crippen LogP contribution is 2.24. The number of amides is 2. The number of anilines is 1. The zero-order valence-electron chi connectivity index (χ0n) is 22.4. The maximum atomic E-state index is 12.5. The first-order valence-corrected chi connectivity index (χ1v) is 12.4. The fourth-order valence-corrected chi connectivity index (χ4v) is 3.00. The van der Waals surface area contributed by atoms with Gasteiger partial charge in [-0.25, -0.2) is 18.9 Å². The van der Waals surface area contributed by atoms with Crippen LogP contribution in [0.25, 0.3) is 5.69 Å². The second-order valence-electron chi connectivity index (χ2n) is 7.94. The Morgan fingerprint density at radius 1 is 1.02 bits per heavy atom. The van der Waals surface area contributed by atoms with Crippen molar-refractivity contribution in [3.05, 3.63) is 60.0 Å². The van der Waals surface area contributed by atoms with E-state index in [0.29, 0.717) is 42.5 Å². The summed E-state index contributed by atoms with van der Waals surface area (Å²) in [7, 11) is 0. The van der Waals surface area contributed by atoms with Crippen molar-refractivity contribution in [1.82, 2.24) is 30.6 Å². The molecule has 0 atom stereocenters. The Labute approximate surface area is 237 Å². The molecule has 0 saturated heterocycles. The average molecular weight is 600 g/mol. The smallest absolute Gasteiger partial charge is 0.489 e. The summed E-state index contributed by atoms with van der Waals surface area (Å²) in [4.78, 5) is 37.8. The summed E-state index contributed by atoms with van der Waals surface area (Å²) in [5.74, 6) is -2.34. The van der Waals surface area contributed by atoms with Gasteiger partial charge in [0, 0.05) is 31.4 Å². The van der Waals surface area contributed by atoms with Crippen molar-refractivity contribution in [2.24, 2.45) is 0 Å². The molecule has 0 bridgehead atoms. The highest BCUT2D eigenvalue weighted by Gasteiger charge is 2.38. The van der Waals surface area contributed by atoms with Crippen LogP contribution in [0.15, 0.2) is 48.8 Å². The Morgan fingerprint density at radius 3 is 2.43 bits per heavy atom. The highest BCUT2D eigenvalue weighted by molar-refractivity contribution is 5.95. The lowest BCUT2D eigenvalue weighted by Gasteiger charge is -2.13. The van der Waals surface area contributed by atoms with Gasteiger partial charge < -0.3 is 30.5 Å². The molecule has 1 aromatic carbocycles. The number of rotatable bonds is 14. The lowest BCUT2D eigenvalue weighted by molar-refractivity contribution is -0.192. The molecule has 42 heavy (non-hydrogen) atoms. The largest absolute Gasteiger partial charge is 0.490 e. The van der Waals surface area contributed by atoms with Crippen LogP contribution in [-0.4, -0.2) is 95.2 Å². The minimum atomic E-state index is -5.08. The molecule has 0 radical (unpaired) electrons. The molecule has 0 saturated carbocycles. The Morgan fingerprint density at radius 2 is 1.79 bits per heavy atom. The quantitative estimate of drug-likeness (QED) is 0.159. The molecule has 2 amide bonds. The van der Waals surface area contributed by atoms with Gasteiger partial charge in [-0.2, -0.15) is 13.2 Å². The number of halogens is 4. The summed E-state index contributed by atoms with van der Waals surface area (Å²) in [5, 5.41) is 23.7. The van der Waals surface area contributed by atoms with E-state index in [9.17, 15) is 27.2 Å². The van der Waals surface area contributed by atoms with Crippen molar-refractivity contribution in [3.63, 3.8) is 0 Å². The Balaban J connectivity index is 0.000000782. The maximum absolute atomic E-state index is 12.5. The molecular formula is C25H29F4N7O6. The summed E-state index contributed by atoms with van der Waals surface area (Å²) in [6.45, 7) is 2.85. The van der Waals surface area contributed by atoms with Gasteiger partial charge in [-0.15, -0.1) is 5.10 Å². The zero-order chi connectivity index (χ0) is 31.0.